The van der Waals surface area contributed by atoms with Crippen molar-refractivity contribution in [2.75, 3.05) is 6.61 Å². The molecule has 0 atom stereocenters. The fourth-order valence-electron chi connectivity index (χ4n) is 3.69. The predicted molar refractivity (Wildman–Crippen MR) is 146 cm³/mol. The number of ether oxygens (including phenoxy) is 3. The Balaban J connectivity index is 1.43. The zero-order valence-electron chi connectivity index (χ0n) is 19.7. The van der Waals surface area contributed by atoms with Crippen molar-refractivity contribution >= 4 is 68.5 Å². The number of fused-ring (bicyclic) bond motifs is 1. The molecule has 3 aromatic carbocycles. The molecule has 1 aliphatic rings. The van der Waals surface area contributed by atoms with Crippen molar-refractivity contribution in [3.05, 3.63) is 98.0 Å². The number of aliphatic imine (C=N–C) groups is 1. The van der Waals surface area contributed by atoms with Gasteiger partial charge in [0.2, 0.25) is 5.90 Å². The van der Waals surface area contributed by atoms with Gasteiger partial charge in [-0.15, -0.1) is 11.3 Å². The van der Waals surface area contributed by atoms with Crippen LogP contribution in [0.4, 0.5) is 0 Å². The van der Waals surface area contributed by atoms with Crippen LogP contribution in [-0.2, 0) is 9.53 Å². The highest BCUT2D eigenvalue weighted by Gasteiger charge is 2.28. The minimum absolute atomic E-state index is 0.119. The average molecular weight is 552 g/mol. The summed E-state index contributed by atoms with van der Waals surface area (Å²) in [5, 5.41) is 1.90. The quantitative estimate of drug-likeness (QED) is 0.141. The standard InChI is InChI=1S/C28H19Cl2NO5S/c1-3-34-22-14-16(5-11-21(22)35-27(32)17-6-8-18(29)9-7-17)13-20-28(33)36-26(31-20)25-24(30)19-10-4-15(2)12-23(19)37-25/h4-14H,3H2,1-2H3/b20-13+. The number of benzene rings is 3. The van der Waals surface area contributed by atoms with Gasteiger partial charge in [0.1, 0.15) is 4.88 Å². The van der Waals surface area contributed by atoms with Gasteiger partial charge in [-0.3, -0.25) is 0 Å². The second kappa shape index (κ2) is 10.4. The van der Waals surface area contributed by atoms with E-state index >= 15 is 0 Å². The van der Waals surface area contributed by atoms with E-state index in [1.54, 1.807) is 48.5 Å². The normalized spacial score (nSPS) is 14.1. The third kappa shape index (κ3) is 5.25. The fourth-order valence-corrected chi connectivity index (χ4v) is 5.35. The first kappa shape index (κ1) is 25.0. The van der Waals surface area contributed by atoms with Crippen molar-refractivity contribution in [2.45, 2.75) is 13.8 Å². The Bertz CT molecular complexity index is 1610. The van der Waals surface area contributed by atoms with Gasteiger partial charge in [-0.25, -0.2) is 14.6 Å². The summed E-state index contributed by atoms with van der Waals surface area (Å²) in [5.74, 6) is -0.380. The molecule has 2 heterocycles. The molecule has 37 heavy (non-hydrogen) atoms. The number of hydrogen-bond acceptors (Lipinski definition) is 7. The Kier molecular flexibility index (Phi) is 7.02. The number of hydrogen-bond donors (Lipinski definition) is 0. The highest BCUT2D eigenvalue weighted by atomic mass is 35.5. The summed E-state index contributed by atoms with van der Waals surface area (Å²) in [6.07, 6.45) is 1.58. The molecule has 5 rings (SSSR count). The molecule has 0 bridgehead atoms. The van der Waals surface area contributed by atoms with Crippen molar-refractivity contribution in [1.82, 2.24) is 0 Å². The molecular formula is C28H19Cl2NO5S. The molecule has 0 amide bonds. The van der Waals surface area contributed by atoms with Crippen LogP contribution in [0.2, 0.25) is 10.0 Å². The van der Waals surface area contributed by atoms with E-state index in [4.69, 9.17) is 37.4 Å². The Morgan fingerprint density at radius 1 is 1.05 bits per heavy atom. The number of carbonyl (C=O) groups is 2. The lowest BCUT2D eigenvalue weighted by molar-refractivity contribution is -0.129. The maximum absolute atomic E-state index is 12.6. The highest BCUT2D eigenvalue weighted by Crippen LogP contribution is 2.38. The summed E-state index contributed by atoms with van der Waals surface area (Å²) in [6, 6.07) is 17.3. The van der Waals surface area contributed by atoms with E-state index in [0.29, 0.717) is 38.4 Å². The molecule has 1 aromatic heterocycles. The molecule has 186 valence electrons. The van der Waals surface area contributed by atoms with E-state index in [1.807, 2.05) is 32.0 Å². The van der Waals surface area contributed by atoms with Gasteiger partial charge in [-0.05, 0) is 73.5 Å². The number of carbonyl (C=O) groups excluding carboxylic acids is 2. The molecule has 0 N–H and O–H groups in total. The van der Waals surface area contributed by atoms with E-state index in [2.05, 4.69) is 4.99 Å². The SMILES string of the molecule is CCOc1cc(/C=C2/N=C(c3sc4cc(C)ccc4c3Cl)OC2=O)ccc1OC(=O)c1ccc(Cl)cc1. The maximum atomic E-state index is 12.6. The van der Waals surface area contributed by atoms with Crippen molar-refractivity contribution in [2.24, 2.45) is 4.99 Å². The summed E-state index contributed by atoms with van der Waals surface area (Å²) >= 11 is 13.9. The molecule has 4 aromatic rings. The molecule has 0 spiro atoms. The molecular weight excluding hydrogens is 533 g/mol. The average Bonchev–Trinajstić information content (AvgIpc) is 3.39. The van der Waals surface area contributed by atoms with E-state index < -0.39 is 11.9 Å². The van der Waals surface area contributed by atoms with Crippen LogP contribution in [0.15, 0.2) is 71.4 Å². The molecule has 0 saturated heterocycles. The van der Waals surface area contributed by atoms with Crippen LogP contribution in [0.3, 0.4) is 0 Å². The van der Waals surface area contributed by atoms with Gasteiger partial charge in [-0.1, -0.05) is 41.4 Å². The van der Waals surface area contributed by atoms with Gasteiger partial charge in [0, 0.05) is 15.1 Å². The van der Waals surface area contributed by atoms with Crippen LogP contribution >= 0.6 is 34.5 Å². The lowest BCUT2D eigenvalue weighted by Gasteiger charge is -2.11. The number of cyclic esters (lactones) is 1. The minimum Gasteiger partial charge on any atom is -0.490 e. The third-order valence-corrected chi connectivity index (χ3v) is 7.35. The van der Waals surface area contributed by atoms with E-state index in [-0.39, 0.29) is 17.3 Å². The van der Waals surface area contributed by atoms with Crippen LogP contribution in [0.1, 0.15) is 33.3 Å². The van der Waals surface area contributed by atoms with Crippen molar-refractivity contribution in [1.29, 1.82) is 0 Å². The van der Waals surface area contributed by atoms with E-state index in [1.165, 1.54) is 11.3 Å². The highest BCUT2D eigenvalue weighted by molar-refractivity contribution is 7.21. The summed E-state index contributed by atoms with van der Waals surface area (Å²) < 4.78 is 17.6. The molecule has 0 fully saturated rings. The predicted octanol–water partition coefficient (Wildman–Crippen LogP) is 7.48. The molecule has 0 aliphatic carbocycles. The van der Waals surface area contributed by atoms with Crippen LogP contribution in [0, 0.1) is 6.92 Å². The van der Waals surface area contributed by atoms with Gasteiger partial charge < -0.3 is 14.2 Å². The van der Waals surface area contributed by atoms with Gasteiger partial charge in [0.25, 0.3) is 0 Å². The number of aryl methyl sites for hydroxylation is 1. The van der Waals surface area contributed by atoms with Gasteiger partial charge in [-0.2, -0.15) is 0 Å². The molecule has 9 heteroatoms. The largest absolute Gasteiger partial charge is 0.490 e. The van der Waals surface area contributed by atoms with Crippen molar-refractivity contribution in [3.63, 3.8) is 0 Å². The number of nitrogens with zero attached hydrogens (tertiary/aromatic N) is 1. The van der Waals surface area contributed by atoms with E-state index in [0.717, 1.165) is 15.6 Å². The molecule has 6 nitrogen and oxygen atoms in total. The first-order chi connectivity index (χ1) is 17.8. The Hall–Kier alpha value is -3.65. The monoisotopic (exact) mass is 551 g/mol. The number of esters is 2. The molecule has 0 saturated carbocycles. The number of thiophene rings is 1. The second-order valence-corrected chi connectivity index (χ2v) is 9.98. The molecule has 0 radical (unpaired) electrons. The summed E-state index contributed by atoms with van der Waals surface area (Å²) in [4.78, 5) is 30.1. The lowest BCUT2D eigenvalue weighted by atomic mass is 10.1. The van der Waals surface area contributed by atoms with Crippen LogP contribution in [0.25, 0.3) is 16.2 Å². The topological polar surface area (TPSA) is 74.2 Å². The molecule has 1 aliphatic heterocycles. The second-order valence-electron chi connectivity index (χ2n) is 8.12. The van der Waals surface area contributed by atoms with E-state index in [9.17, 15) is 9.59 Å². The zero-order chi connectivity index (χ0) is 26.1. The Labute approximate surface area is 226 Å². The van der Waals surface area contributed by atoms with Gasteiger partial charge in [0.15, 0.2) is 17.2 Å². The Morgan fingerprint density at radius 3 is 2.59 bits per heavy atom. The minimum atomic E-state index is -0.587. The van der Waals surface area contributed by atoms with Crippen molar-refractivity contribution < 1.29 is 23.8 Å². The lowest BCUT2D eigenvalue weighted by Crippen LogP contribution is -2.09. The zero-order valence-corrected chi connectivity index (χ0v) is 22.0. The first-order valence-electron chi connectivity index (χ1n) is 11.3. The fraction of sp³-hybridized carbons (Fsp3) is 0.107. The number of halogens is 2. The third-order valence-electron chi connectivity index (χ3n) is 5.45. The molecule has 0 unspecified atom stereocenters. The summed E-state index contributed by atoms with van der Waals surface area (Å²) in [6.45, 7) is 4.16. The van der Waals surface area contributed by atoms with Crippen LogP contribution < -0.4 is 9.47 Å². The summed E-state index contributed by atoms with van der Waals surface area (Å²) in [7, 11) is 0. The van der Waals surface area contributed by atoms with Gasteiger partial charge >= 0.3 is 11.9 Å². The Morgan fingerprint density at radius 2 is 1.84 bits per heavy atom. The maximum Gasteiger partial charge on any atom is 0.363 e. The number of rotatable bonds is 6. The van der Waals surface area contributed by atoms with Crippen LogP contribution in [0.5, 0.6) is 11.5 Å². The van der Waals surface area contributed by atoms with Crippen LogP contribution in [-0.4, -0.2) is 24.4 Å². The summed E-state index contributed by atoms with van der Waals surface area (Å²) in [5.41, 5.74) is 2.19. The smallest absolute Gasteiger partial charge is 0.363 e. The van der Waals surface area contributed by atoms with Gasteiger partial charge in [0.05, 0.1) is 17.2 Å². The first-order valence-corrected chi connectivity index (χ1v) is 12.9. The van der Waals surface area contributed by atoms with Crippen molar-refractivity contribution in [3.8, 4) is 11.5 Å².